The van der Waals surface area contributed by atoms with E-state index in [4.69, 9.17) is 4.74 Å². The molecule has 0 aliphatic carbocycles. The molecule has 0 amide bonds. The maximum absolute atomic E-state index is 10.8. The van der Waals surface area contributed by atoms with Gasteiger partial charge in [0.1, 0.15) is 12.6 Å². The minimum absolute atomic E-state index is 0.165. The molecule has 0 spiro atoms. The Kier molecular flexibility index (Phi) is 6.76. The summed E-state index contributed by atoms with van der Waals surface area (Å²) in [7, 11) is 0. The van der Waals surface area contributed by atoms with Gasteiger partial charge in [-0.1, -0.05) is 12.7 Å². The van der Waals surface area contributed by atoms with Gasteiger partial charge in [0.25, 0.3) is 0 Å². The Morgan fingerprint density at radius 1 is 1.38 bits per heavy atom. The van der Waals surface area contributed by atoms with E-state index in [0.29, 0.717) is 30.1 Å². The molecule has 16 heavy (non-hydrogen) atoms. The van der Waals surface area contributed by atoms with Gasteiger partial charge in [0.05, 0.1) is 6.61 Å². The standard InChI is InChI=1S/C12H16O4/c1-4-11(8-14)12(9(2)7-13)5-6-16-10(3)15/h4,7-8,12H,2,5-6H2,1,3H3/t12-/m1/s1. The van der Waals surface area contributed by atoms with Crippen LogP contribution in [0.15, 0.2) is 23.8 Å². The van der Waals surface area contributed by atoms with Crippen LogP contribution in [-0.4, -0.2) is 25.1 Å². The lowest BCUT2D eigenvalue weighted by Crippen LogP contribution is -2.13. The molecule has 0 aliphatic rings. The van der Waals surface area contributed by atoms with Gasteiger partial charge in [0.15, 0.2) is 0 Å². The quantitative estimate of drug-likeness (QED) is 0.373. The topological polar surface area (TPSA) is 60.4 Å². The van der Waals surface area contributed by atoms with E-state index in [1.54, 1.807) is 13.0 Å². The summed E-state index contributed by atoms with van der Waals surface area (Å²) in [5.41, 5.74) is 0.789. The van der Waals surface area contributed by atoms with Gasteiger partial charge in [0, 0.05) is 12.8 Å². The zero-order chi connectivity index (χ0) is 12.6. The summed E-state index contributed by atoms with van der Waals surface area (Å²) in [6.07, 6.45) is 3.31. The number of carbonyl (C=O) groups is 3. The van der Waals surface area contributed by atoms with Gasteiger partial charge in [0.2, 0.25) is 0 Å². The fraction of sp³-hybridized carbons (Fsp3) is 0.417. The Bertz CT molecular complexity index is 315. The second-order valence-corrected chi connectivity index (χ2v) is 3.28. The Balaban J connectivity index is 4.56. The van der Waals surface area contributed by atoms with Gasteiger partial charge in [-0.2, -0.15) is 0 Å². The average Bonchev–Trinajstić information content (AvgIpc) is 2.27. The predicted octanol–water partition coefficient (Wildman–Crippen LogP) is 1.46. The van der Waals surface area contributed by atoms with Crippen molar-refractivity contribution >= 4 is 18.5 Å². The van der Waals surface area contributed by atoms with Crippen molar-refractivity contribution in [3.63, 3.8) is 0 Å². The van der Waals surface area contributed by atoms with E-state index in [9.17, 15) is 14.4 Å². The van der Waals surface area contributed by atoms with Gasteiger partial charge < -0.3 is 4.74 Å². The number of aldehydes is 2. The zero-order valence-corrected chi connectivity index (χ0v) is 9.56. The van der Waals surface area contributed by atoms with Gasteiger partial charge in [-0.15, -0.1) is 0 Å². The summed E-state index contributed by atoms with van der Waals surface area (Å²) in [5, 5.41) is 0. The van der Waals surface area contributed by atoms with E-state index < -0.39 is 0 Å². The Morgan fingerprint density at radius 3 is 2.38 bits per heavy atom. The first kappa shape index (κ1) is 14.3. The molecule has 0 saturated carbocycles. The van der Waals surface area contributed by atoms with Gasteiger partial charge in [-0.3, -0.25) is 14.4 Å². The second-order valence-electron chi connectivity index (χ2n) is 3.28. The Labute approximate surface area is 95.0 Å². The van der Waals surface area contributed by atoms with Crippen molar-refractivity contribution in [3.05, 3.63) is 23.8 Å². The molecule has 0 N–H and O–H groups in total. The highest BCUT2D eigenvalue weighted by Gasteiger charge is 2.16. The molecule has 0 aliphatic heterocycles. The molecule has 88 valence electrons. The van der Waals surface area contributed by atoms with Crippen molar-refractivity contribution in [3.8, 4) is 0 Å². The van der Waals surface area contributed by atoms with E-state index in [0.717, 1.165) is 0 Å². The van der Waals surface area contributed by atoms with E-state index in [1.807, 2.05) is 0 Å². The van der Waals surface area contributed by atoms with E-state index in [-0.39, 0.29) is 18.5 Å². The lowest BCUT2D eigenvalue weighted by molar-refractivity contribution is -0.141. The molecule has 4 nitrogen and oxygen atoms in total. The van der Waals surface area contributed by atoms with Crippen LogP contribution in [0.2, 0.25) is 0 Å². The molecular weight excluding hydrogens is 208 g/mol. The molecule has 0 heterocycles. The zero-order valence-electron chi connectivity index (χ0n) is 9.56. The summed E-state index contributed by atoms with van der Waals surface area (Å²) in [4.78, 5) is 32.0. The van der Waals surface area contributed by atoms with E-state index >= 15 is 0 Å². The lowest BCUT2D eigenvalue weighted by atomic mass is 9.90. The number of hydrogen-bond donors (Lipinski definition) is 0. The SMILES string of the molecule is C=C(C=O)[C@@H](CCOC(C)=O)C(C=O)=CC. The summed E-state index contributed by atoms with van der Waals surface area (Å²) >= 11 is 0. The first-order valence-corrected chi connectivity index (χ1v) is 4.95. The van der Waals surface area contributed by atoms with Crippen molar-refractivity contribution in [2.24, 2.45) is 5.92 Å². The predicted molar refractivity (Wildman–Crippen MR) is 59.8 cm³/mol. The van der Waals surface area contributed by atoms with Gasteiger partial charge in [-0.05, 0) is 24.5 Å². The van der Waals surface area contributed by atoms with Gasteiger partial charge >= 0.3 is 5.97 Å². The van der Waals surface area contributed by atoms with Crippen LogP contribution in [0.4, 0.5) is 0 Å². The van der Waals surface area contributed by atoms with Crippen LogP contribution >= 0.6 is 0 Å². The number of rotatable bonds is 7. The first-order valence-electron chi connectivity index (χ1n) is 4.95. The average molecular weight is 224 g/mol. The fourth-order valence-electron chi connectivity index (χ4n) is 1.32. The van der Waals surface area contributed by atoms with Crippen LogP contribution in [0.1, 0.15) is 20.3 Å². The molecule has 0 rings (SSSR count). The van der Waals surface area contributed by atoms with E-state index in [1.165, 1.54) is 6.92 Å². The maximum Gasteiger partial charge on any atom is 0.302 e. The molecule has 0 fully saturated rings. The van der Waals surface area contributed by atoms with Crippen molar-refractivity contribution in [1.82, 2.24) is 0 Å². The molecule has 0 aromatic carbocycles. The Morgan fingerprint density at radius 2 is 2.00 bits per heavy atom. The normalized spacial score (nSPS) is 12.8. The smallest absolute Gasteiger partial charge is 0.302 e. The number of allylic oxidation sites excluding steroid dienone is 3. The molecule has 0 aromatic rings. The van der Waals surface area contributed by atoms with Crippen LogP contribution in [0.25, 0.3) is 0 Å². The highest BCUT2D eigenvalue weighted by molar-refractivity contribution is 5.81. The molecule has 0 radical (unpaired) electrons. The van der Waals surface area contributed by atoms with Crippen molar-refractivity contribution in [2.75, 3.05) is 6.61 Å². The number of carbonyl (C=O) groups excluding carboxylic acids is 3. The third-order valence-corrected chi connectivity index (χ3v) is 2.18. The highest BCUT2D eigenvalue weighted by atomic mass is 16.5. The number of hydrogen-bond acceptors (Lipinski definition) is 4. The highest BCUT2D eigenvalue weighted by Crippen LogP contribution is 2.20. The lowest BCUT2D eigenvalue weighted by Gasteiger charge is -2.15. The molecule has 4 heteroatoms. The minimum Gasteiger partial charge on any atom is -0.466 e. The molecule has 0 unspecified atom stereocenters. The summed E-state index contributed by atoms with van der Waals surface area (Å²) < 4.78 is 4.77. The summed E-state index contributed by atoms with van der Waals surface area (Å²) in [5.74, 6) is -0.761. The van der Waals surface area contributed by atoms with E-state index in [2.05, 4.69) is 6.58 Å². The van der Waals surface area contributed by atoms with Crippen LogP contribution < -0.4 is 0 Å². The van der Waals surface area contributed by atoms with Gasteiger partial charge in [-0.25, -0.2) is 0 Å². The third-order valence-electron chi connectivity index (χ3n) is 2.18. The third kappa shape index (κ3) is 4.68. The molecule has 0 aromatic heterocycles. The molecular formula is C12H16O4. The second kappa shape index (κ2) is 7.56. The summed E-state index contributed by atoms with van der Waals surface area (Å²) in [6.45, 7) is 6.76. The maximum atomic E-state index is 10.8. The Hall–Kier alpha value is -1.71. The number of esters is 1. The van der Waals surface area contributed by atoms with Crippen LogP contribution in [-0.2, 0) is 19.1 Å². The largest absolute Gasteiger partial charge is 0.466 e. The van der Waals surface area contributed by atoms with Crippen molar-refractivity contribution < 1.29 is 19.1 Å². The van der Waals surface area contributed by atoms with Crippen LogP contribution in [0.3, 0.4) is 0 Å². The molecule has 1 atom stereocenters. The number of ether oxygens (including phenoxy) is 1. The van der Waals surface area contributed by atoms with Crippen LogP contribution in [0.5, 0.6) is 0 Å². The molecule has 0 saturated heterocycles. The molecule has 0 bridgehead atoms. The first-order chi connectivity index (χ1) is 7.56. The monoisotopic (exact) mass is 224 g/mol. The van der Waals surface area contributed by atoms with Crippen LogP contribution in [0, 0.1) is 5.92 Å². The van der Waals surface area contributed by atoms with Crippen molar-refractivity contribution in [2.45, 2.75) is 20.3 Å². The minimum atomic E-state index is -0.386. The summed E-state index contributed by atoms with van der Waals surface area (Å²) in [6, 6.07) is 0. The van der Waals surface area contributed by atoms with Crippen molar-refractivity contribution in [1.29, 1.82) is 0 Å². The fourth-order valence-corrected chi connectivity index (χ4v) is 1.32.